The minimum Gasteiger partial charge on any atom is -0.313 e. The van der Waals surface area contributed by atoms with Gasteiger partial charge >= 0.3 is 0 Å². The van der Waals surface area contributed by atoms with Gasteiger partial charge in [-0.15, -0.1) is 0 Å². The second-order valence-corrected chi connectivity index (χ2v) is 7.10. The van der Waals surface area contributed by atoms with Crippen LogP contribution in [0.1, 0.15) is 30.9 Å². The number of benzene rings is 1. The van der Waals surface area contributed by atoms with Crippen molar-refractivity contribution in [1.82, 2.24) is 15.1 Å². The number of halogens is 1. The molecule has 1 aromatic rings. The first-order valence-electron chi connectivity index (χ1n) is 8.20. The zero-order valence-corrected chi connectivity index (χ0v) is 14.5. The van der Waals surface area contributed by atoms with Gasteiger partial charge in [0.15, 0.2) is 0 Å². The normalized spacial score (nSPS) is 20.9. The highest BCUT2D eigenvalue weighted by atomic mass is 79.9. The Bertz CT molecular complexity index is 465. The lowest BCUT2D eigenvalue weighted by atomic mass is 10.1. The first kappa shape index (κ1) is 15.5. The van der Waals surface area contributed by atoms with Crippen molar-refractivity contribution in [2.75, 3.05) is 32.7 Å². The van der Waals surface area contributed by atoms with Crippen molar-refractivity contribution in [2.24, 2.45) is 0 Å². The minimum absolute atomic E-state index is 0.921. The van der Waals surface area contributed by atoms with E-state index in [2.05, 4.69) is 56.2 Å². The molecule has 0 aromatic heterocycles. The summed E-state index contributed by atoms with van der Waals surface area (Å²) in [4.78, 5) is 5.26. The lowest BCUT2D eigenvalue weighted by Crippen LogP contribution is -2.46. The summed E-state index contributed by atoms with van der Waals surface area (Å²) < 4.78 is 1.25. The van der Waals surface area contributed by atoms with Gasteiger partial charge in [-0.2, -0.15) is 0 Å². The maximum atomic E-state index is 3.75. The number of nitrogens with one attached hydrogen (secondary N) is 1. The molecule has 1 aliphatic heterocycles. The maximum absolute atomic E-state index is 3.75. The summed E-state index contributed by atoms with van der Waals surface area (Å²) in [7, 11) is 0. The van der Waals surface area contributed by atoms with Crippen LogP contribution in [0.2, 0.25) is 0 Å². The molecule has 0 unspecified atom stereocenters. The van der Waals surface area contributed by atoms with E-state index < -0.39 is 0 Å². The fraction of sp³-hybridized carbons (Fsp3) is 0.647. The standard InChI is InChI=1S/C17H26BrN3/c1-2-19-12-14-3-4-15(17(18)11-14)13-20-7-9-21(10-8-20)16-5-6-16/h3-4,11,16,19H,2,5-10,12-13H2,1H3. The van der Waals surface area contributed by atoms with Gasteiger partial charge < -0.3 is 5.32 Å². The Hall–Kier alpha value is -0.420. The molecule has 1 N–H and O–H groups in total. The molecule has 3 rings (SSSR count). The average molecular weight is 352 g/mol. The van der Waals surface area contributed by atoms with Gasteiger partial charge in [0.05, 0.1) is 0 Å². The van der Waals surface area contributed by atoms with Crippen molar-refractivity contribution in [2.45, 2.75) is 38.9 Å². The van der Waals surface area contributed by atoms with Gasteiger partial charge in [0, 0.05) is 49.8 Å². The molecule has 0 amide bonds. The van der Waals surface area contributed by atoms with E-state index in [1.807, 2.05) is 0 Å². The van der Waals surface area contributed by atoms with Gasteiger partial charge in [0.25, 0.3) is 0 Å². The minimum atomic E-state index is 0.921. The van der Waals surface area contributed by atoms with E-state index in [-0.39, 0.29) is 0 Å². The van der Waals surface area contributed by atoms with Crippen LogP contribution in [0.25, 0.3) is 0 Å². The molecule has 2 fully saturated rings. The number of nitrogens with zero attached hydrogens (tertiary/aromatic N) is 2. The van der Waals surface area contributed by atoms with Crippen LogP contribution >= 0.6 is 15.9 Å². The molecule has 1 heterocycles. The van der Waals surface area contributed by atoms with Gasteiger partial charge in [-0.3, -0.25) is 9.80 Å². The molecule has 1 aromatic carbocycles. The van der Waals surface area contributed by atoms with Gasteiger partial charge in [-0.05, 0) is 36.6 Å². The third kappa shape index (κ3) is 4.28. The molecule has 3 nitrogen and oxygen atoms in total. The molecular weight excluding hydrogens is 326 g/mol. The van der Waals surface area contributed by atoms with Gasteiger partial charge in [0.1, 0.15) is 0 Å². The number of rotatable bonds is 6. The van der Waals surface area contributed by atoms with Crippen molar-refractivity contribution in [1.29, 1.82) is 0 Å². The van der Waals surface area contributed by atoms with Crippen LogP contribution in [-0.2, 0) is 13.1 Å². The van der Waals surface area contributed by atoms with Crippen LogP contribution in [0.4, 0.5) is 0 Å². The van der Waals surface area contributed by atoms with Crippen molar-refractivity contribution in [3.63, 3.8) is 0 Å². The van der Waals surface area contributed by atoms with E-state index in [4.69, 9.17) is 0 Å². The van der Waals surface area contributed by atoms with E-state index in [0.717, 1.165) is 25.7 Å². The summed E-state index contributed by atoms with van der Waals surface area (Å²) in [6.07, 6.45) is 2.86. The number of piperazine rings is 1. The Labute approximate surface area is 136 Å². The largest absolute Gasteiger partial charge is 0.313 e. The highest BCUT2D eigenvalue weighted by Crippen LogP contribution is 2.28. The predicted octanol–water partition coefficient (Wildman–Crippen LogP) is 2.84. The predicted molar refractivity (Wildman–Crippen MR) is 91.4 cm³/mol. The first-order valence-corrected chi connectivity index (χ1v) is 9.00. The summed E-state index contributed by atoms with van der Waals surface area (Å²) in [5.74, 6) is 0. The Morgan fingerprint density at radius 2 is 1.95 bits per heavy atom. The van der Waals surface area contributed by atoms with Gasteiger partial charge in [-0.1, -0.05) is 35.0 Å². The lowest BCUT2D eigenvalue weighted by Gasteiger charge is -2.35. The van der Waals surface area contributed by atoms with E-state index in [9.17, 15) is 0 Å². The smallest absolute Gasteiger partial charge is 0.0246 e. The fourth-order valence-corrected chi connectivity index (χ4v) is 3.62. The summed E-state index contributed by atoms with van der Waals surface area (Å²) >= 11 is 3.75. The molecule has 1 saturated heterocycles. The Kier molecular flexibility index (Phi) is 5.33. The summed E-state index contributed by atoms with van der Waals surface area (Å²) in [5, 5.41) is 3.38. The van der Waals surface area contributed by atoms with E-state index in [1.54, 1.807) is 0 Å². The van der Waals surface area contributed by atoms with E-state index in [1.165, 1.54) is 54.6 Å². The number of hydrogen-bond acceptors (Lipinski definition) is 3. The second kappa shape index (κ2) is 7.23. The van der Waals surface area contributed by atoms with Crippen molar-refractivity contribution in [3.8, 4) is 0 Å². The summed E-state index contributed by atoms with van der Waals surface area (Å²) in [6.45, 7) is 10.1. The zero-order chi connectivity index (χ0) is 14.7. The van der Waals surface area contributed by atoms with Crippen LogP contribution in [0.15, 0.2) is 22.7 Å². The molecule has 0 atom stereocenters. The zero-order valence-electron chi connectivity index (χ0n) is 12.9. The molecule has 0 spiro atoms. The molecule has 4 heteroatoms. The van der Waals surface area contributed by atoms with Crippen molar-refractivity contribution < 1.29 is 0 Å². The molecule has 116 valence electrons. The van der Waals surface area contributed by atoms with Crippen LogP contribution in [0, 0.1) is 0 Å². The third-order valence-corrected chi connectivity index (χ3v) is 5.30. The maximum Gasteiger partial charge on any atom is 0.0246 e. The van der Waals surface area contributed by atoms with Crippen molar-refractivity contribution >= 4 is 15.9 Å². The molecule has 0 radical (unpaired) electrons. The van der Waals surface area contributed by atoms with Crippen LogP contribution in [0.3, 0.4) is 0 Å². The SMILES string of the molecule is CCNCc1ccc(CN2CCN(C3CC3)CC2)c(Br)c1. The summed E-state index contributed by atoms with van der Waals surface area (Å²) in [5.41, 5.74) is 2.76. The molecule has 1 aliphatic carbocycles. The third-order valence-electron chi connectivity index (χ3n) is 4.56. The van der Waals surface area contributed by atoms with Crippen LogP contribution in [-0.4, -0.2) is 48.6 Å². The van der Waals surface area contributed by atoms with Gasteiger partial charge in [0.2, 0.25) is 0 Å². The average Bonchev–Trinajstić information content (AvgIpc) is 3.33. The molecule has 21 heavy (non-hydrogen) atoms. The lowest BCUT2D eigenvalue weighted by molar-refractivity contribution is 0.121. The van der Waals surface area contributed by atoms with Crippen LogP contribution < -0.4 is 5.32 Å². The second-order valence-electron chi connectivity index (χ2n) is 6.25. The molecule has 1 saturated carbocycles. The number of hydrogen-bond donors (Lipinski definition) is 1. The van der Waals surface area contributed by atoms with Crippen molar-refractivity contribution in [3.05, 3.63) is 33.8 Å². The van der Waals surface area contributed by atoms with E-state index in [0.29, 0.717) is 0 Å². The fourth-order valence-electron chi connectivity index (χ4n) is 3.07. The Morgan fingerprint density at radius 1 is 1.19 bits per heavy atom. The first-order chi connectivity index (χ1) is 10.3. The quantitative estimate of drug-likeness (QED) is 0.849. The molecule has 2 aliphatic rings. The highest BCUT2D eigenvalue weighted by Gasteiger charge is 2.31. The topological polar surface area (TPSA) is 18.5 Å². The van der Waals surface area contributed by atoms with Crippen LogP contribution in [0.5, 0.6) is 0 Å². The molecular formula is C17H26BrN3. The van der Waals surface area contributed by atoms with E-state index >= 15 is 0 Å². The Balaban J connectivity index is 1.52. The summed E-state index contributed by atoms with van der Waals surface area (Å²) in [6, 6.07) is 7.72. The Morgan fingerprint density at radius 3 is 2.57 bits per heavy atom. The van der Waals surface area contributed by atoms with Gasteiger partial charge in [-0.25, -0.2) is 0 Å². The highest BCUT2D eigenvalue weighted by molar-refractivity contribution is 9.10. The monoisotopic (exact) mass is 351 g/mol. The molecule has 0 bridgehead atoms.